The Morgan fingerprint density at radius 2 is 1.78 bits per heavy atom. The Hall–Kier alpha value is -3.64. The molecule has 37 heavy (non-hydrogen) atoms. The molecule has 1 saturated carbocycles. The standard InChI is InChI=1S/C31H31N3O2S/c1-2-22-12-14-24(15-13-22)21-37-31-33-28-20-25(29(35)32-26-10-6-7-11-26)16-17-27(28)30(36)34(31)19-18-23-8-4-3-5-9-23/h2-5,8-9,12-17,20,26H,1,6-7,10-11,18-19,21H2,(H,32,35). The number of amides is 1. The predicted octanol–water partition coefficient (Wildman–Crippen LogP) is 6.25. The van der Waals surface area contributed by atoms with Crippen LogP contribution in [0.5, 0.6) is 0 Å². The number of hydrogen-bond acceptors (Lipinski definition) is 4. The summed E-state index contributed by atoms with van der Waals surface area (Å²) in [5, 5.41) is 4.33. The molecule has 4 aromatic rings. The van der Waals surface area contributed by atoms with Gasteiger partial charge >= 0.3 is 0 Å². The molecule has 188 valence electrons. The van der Waals surface area contributed by atoms with Gasteiger partial charge in [0, 0.05) is 23.9 Å². The topological polar surface area (TPSA) is 64.0 Å². The van der Waals surface area contributed by atoms with Crippen LogP contribution in [0.3, 0.4) is 0 Å². The summed E-state index contributed by atoms with van der Waals surface area (Å²) in [5.41, 5.74) is 4.41. The van der Waals surface area contributed by atoms with E-state index in [0.29, 0.717) is 33.9 Å². The Kier molecular flexibility index (Phi) is 7.85. The summed E-state index contributed by atoms with van der Waals surface area (Å²) < 4.78 is 1.77. The van der Waals surface area contributed by atoms with Gasteiger partial charge in [-0.25, -0.2) is 4.98 Å². The number of rotatable bonds is 9. The first-order chi connectivity index (χ1) is 18.1. The van der Waals surface area contributed by atoms with E-state index in [2.05, 4.69) is 36.2 Å². The first-order valence-electron chi connectivity index (χ1n) is 12.8. The summed E-state index contributed by atoms with van der Waals surface area (Å²) >= 11 is 1.54. The van der Waals surface area contributed by atoms with Gasteiger partial charge in [-0.3, -0.25) is 14.2 Å². The summed E-state index contributed by atoms with van der Waals surface area (Å²) in [5.74, 6) is 0.586. The number of nitrogens with one attached hydrogen (secondary N) is 1. The van der Waals surface area contributed by atoms with Crippen molar-refractivity contribution in [2.75, 3.05) is 0 Å². The fourth-order valence-electron chi connectivity index (χ4n) is 4.77. The number of aromatic nitrogens is 2. The molecule has 6 heteroatoms. The van der Waals surface area contributed by atoms with Crippen LogP contribution in [0.25, 0.3) is 17.0 Å². The van der Waals surface area contributed by atoms with E-state index >= 15 is 0 Å². The van der Waals surface area contributed by atoms with Gasteiger partial charge in [0.2, 0.25) is 0 Å². The fraction of sp³-hybridized carbons (Fsp3) is 0.258. The van der Waals surface area contributed by atoms with Crippen molar-refractivity contribution in [3.63, 3.8) is 0 Å². The van der Waals surface area contributed by atoms with Gasteiger partial charge in [-0.15, -0.1) is 0 Å². The molecule has 0 saturated heterocycles. The molecular weight excluding hydrogens is 478 g/mol. The van der Waals surface area contributed by atoms with Crippen LogP contribution in [0.1, 0.15) is 52.7 Å². The van der Waals surface area contributed by atoms with E-state index in [1.165, 1.54) is 5.56 Å². The van der Waals surface area contributed by atoms with Gasteiger partial charge in [-0.2, -0.15) is 0 Å². The van der Waals surface area contributed by atoms with Gasteiger partial charge in [0.25, 0.3) is 11.5 Å². The smallest absolute Gasteiger partial charge is 0.262 e. The molecule has 1 aromatic heterocycles. The van der Waals surface area contributed by atoms with E-state index in [4.69, 9.17) is 4.98 Å². The first kappa shape index (κ1) is 25.0. The van der Waals surface area contributed by atoms with E-state index in [1.807, 2.05) is 36.4 Å². The highest BCUT2D eigenvalue weighted by Gasteiger charge is 2.19. The highest BCUT2D eigenvalue weighted by Crippen LogP contribution is 2.24. The molecule has 0 unspecified atom stereocenters. The first-order valence-corrected chi connectivity index (χ1v) is 13.8. The van der Waals surface area contributed by atoms with Crippen LogP contribution in [0.4, 0.5) is 0 Å². The van der Waals surface area contributed by atoms with Crippen LogP contribution in [0, 0.1) is 0 Å². The van der Waals surface area contributed by atoms with Gasteiger partial charge < -0.3 is 5.32 Å². The van der Waals surface area contributed by atoms with Crippen LogP contribution in [-0.4, -0.2) is 21.5 Å². The van der Waals surface area contributed by atoms with Crippen molar-refractivity contribution < 1.29 is 4.79 Å². The maximum absolute atomic E-state index is 13.6. The monoisotopic (exact) mass is 509 g/mol. The molecule has 1 fully saturated rings. The van der Waals surface area contributed by atoms with Crippen LogP contribution >= 0.6 is 11.8 Å². The molecule has 5 rings (SSSR count). The summed E-state index contributed by atoms with van der Waals surface area (Å²) in [7, 11) is 0. The van der Waals surface area contributed by atoms with Crippen LogP contribution in [-0.2, 0) is 18.7 Å². The summed E-state index contributed by atoms with van der Waals surface area (Å²) in [6.45, 7) is 4.35. The van der Waals surface area contributed by atoms with Crippen LogP contribution in [0.15, 0.2) is 89.3 Å². The van der Waals surface area contributed by atoms with E-state index in [1.54, 1.807) is 34.5 Å². The fourth-order valence-corrected chi connectivity index (χ4v) is 5.75. The van der Waals surface area contributed by atoms with E-state index < -0.39 is 0 Å². The third kappa shape index (κ3) is 6.03. The lowest BCUT2D eigenvalue weighted by atomic mass is 10.1. The lowest BCUT2D eigenvalue weighted by molar-refractivity contribution is 0.0938. The van der Waals surface area contributed by atoms with E-state index in [0.717, 1.165) is 43.2 Å². The minimum Gasteiger partial charge on any atom is -0.349 e. The van der Waals surface area contributed by atoms with Crippen LogP contribution in [0.2, 0.25) is 0 Å². The molecule has 1 amide bonds. The maximum Gasteiger partial charge on any atom is 0.262 e. The SMILES string of the molecule is C=Cc1ccc(CSc2nc3cc(C(=O)NC4CCCC4)ccc3c(=O)n2CCc2ccccc2)cc1. The lowest BCUT2D eigenvalue weighted by Crippen LogP contribution is -2.32. The molecular formula is C31H31N3O2S. The second kappa shape index (κ2) is 11.6. The molecule has 1 aliphatic carbocycles. The summed E-state index contributed by atoms with van der Waals surface area (Å²) in [6, 6.07) is 23.9. The third-order valence-electron chi connectivity index (χ3n) is 6.92. The van der Waals surface area contributed by atoms with E-state index in [-0.39, 0.29) is 17.5 Å². The molecule has 0 radical (unpaired) electrons. The van der Waals surface area contributed by atoms with Crippen molar-refractivity contribution in [1.82, 2.24) is 14.9 Å². The van der Waals surface area contributed by atoms with Crippen molar-refractivity contribution in [3.8, 4) is 0 Å². The zero-order chi connectivity index (χ0) is 25.6. The number of carbonyl (C=O) groups excluding carboxylic acids is 1. The number of hydrogen-bond donors (Lipinski definition) is 1. The highest BCUT2D eigenvalue weighted by atomic mass is 32.2. The number of carbonyl (C=O) groups is 1. The molecule has 3 aromatic carbocycles. The number of fused-ring (bicyclic) bond motifs is 1. The van der Waals surface area contributed by atoms with Crippen molar-refractivity contribution in [2.45, 2.75) is 55.6 Å². The summed E-state index contributed by atoms with van der Waals surface area (Å²) in [6.07, 6.45) is 6.92. The molecule has 1 N–H and O–H groups in total. The maximum atomic E-state index is 13.6. The normalized spacial score (nSPS) is 13.6. The zero-order valence-electron chi connectivity index (χ0n) is 20.9. The Labute approximate surface area is 221 Å². The van der Waals surface area contributed by atoms with Crippen molar-refractivity contribution in [3.05, 3.63) is 112 Å². The van der Waals surface area contributed by atoms with Gasteiger partial charge in [0.1, 0.15) is 0 Å². The molecule has 1 heterocycles. The van der Waals surface area contributed by atoms with Crippen molar-refractivity contribution >= 4 is 34.6 Å². The van der Waals surface area contributed by atoms with Gasteiger partial charge in [-0.05, 0) is 54.2 Å². The Morgan fingerprint density at radius 1 is 1.03 bits per heavy atom. The molecule has 0 spiro atoms. The number of thioether (sulfide) groups is 1. The van der Waals surface area contributed by atoms with Gasteiger partial charge in [-0.1, -0.05) is 91.9 Å². The Morgan fingerprint density at radius 3 is 2.51 bits per heavy atom. The zero-order valence-corrected chi connectivity index (χ0v) is 21.7. The van der Waals surface area contributed by atoms with Gasteiger partial charge in [0.15, 0.2) is 5.16 Å². The molecule has 0 bridgehead atoms. The quantitative estimate of drug-likeness (QED) is 0.214. The number of benzene rings is 3. The Bertz CT molecular complexity index is 1460. The van der Waals surface area contributed by atoms with E-state index in [9.17, 15) is 9.59 Å². The predicted molar refractivity (Wildman–Crippen MR) is 152 cm³/mol. The molecule has 5 nitrogen and oxygen atoms in total. The number of nitrogens with zero attached hydrogens (tertiary/aromatic N) is 2. The highest BCUT2D eigenvalue weighted by molar-refractivity contribution is 7.98. The second-order valence-corrected chi connectivity index (χ2v) is 10.5. The van der Waals surface area contributed by atoms with Gasteiger partial charge in [0.05, 0.1) is 10.9 Å². The van der Waals surface area contributed by atoms with Crippen molar-refractivity contribution in [2.24, 2.45) is 0 Å². The van der Waals surface area contributed by atoms with Crippen molar-refractivity contribution in [1.29, 1.82) is 0 Å². The minimum atomic E-state index is -0.0969. The van der Waals surface area contributed by atoms with Crippen LogP contribution < -0.4 is 10.9 Å². The summed E-state index contributed by atoms with van der Waals surface area (Å²) in [4.78, 5) is 31.4. The lowest BCUT2D eigenvalue weighted by Gasteiger charge is -2.15. The largest absolute Gasteiger partial charge is 0.349 e. The second-order valence-electron chi connectivity index (χ2n) is 9.51. The molecule has 1 aliphatic rings. The molecule has 0 aliphatic heterocycles. The average Bonchev–Trinajstić information content (AvgIpc) is 3.45. The minimum absolute atomic E-state index is 0.0758. The Balaban J connectivity index is 1.46. The number of aryl methyl sites for hydroxylation is 1. The third-order valence-corrected chi connectivity index (χ3v) is 7.97. The average molecular weight is 510 g/mol. The molecule has 0 atom stereocenters.